The molecule has 2 aromatic carbocycles. The van der Waals surface area contributed by atoms with Crippen LogP contribution in [-0.2, 0) is 14.4 Å². The van der Waals surface area contributed by atoms with Gasteiger partial charge in [0.05, 0.1) is 18.4 Å². The van der Waals surface area contributed by atoms with E-state index in [1.54, 1.807) is 36.4 Å². The average molecular weight is 412 g/mol. The Labute approximate surface area is 174 Å². The third-order valence-electron chi connectivity index (χ3n) is 4.19. The first-order chi connectivity index (χ1) is 14.3. The number of hydrogen-bond donors (Lipinski definition) is 4. The van der Waals surface area contributed by atoms with Gasteiger partial charge in [0.25, 0.3) is 0 Å². The van der Waals surface area contributed by atoms with Crippen molar-refractivity contribution in [3.05, 3.63) is 67.3 Å². The summed E-state index contributed by atoms with van der Waals surface area (Å²) in [5.74, 6) is -2.39. The van der Waals surface area contributed by atoms with E-state index < -0.39 is 42.3 Å². The molecule has 0 fully saturated rings. The standard InChI is InChI=1S/C22H24N2O6/c1-3-18(14(2)25)21(28)24-19(13-20(26)27)22(29)23-15-9-11-17(12-10-15)30-16-7-5-4-6-8-16/h3-12,14,18-19,25H,1,13H2,2H3,(H,23,29)(H,24,28)(H,26,27)/t14-,18?,19?/m1/s1. The van der Waals surface area contributed by atoms with Crippen LogP contribution in [0.5, 0.6) is 11.5 Å². The SMILES string of the molecule is C=CC(C(=O)NC(CC(=O)O)C(=O)Nc1ccc(Oc2ccccc2)cc1)[C@@H](C)O. The predicted molar refractivity (Wildman–Crippen MR) is 111 cm³/mol. The molecule has 0 aliphatic heterocycles. The minimum atomic E-state index is -1.32. The van der Waals surface area contributed by atoms with Gasteiger partial charge < -0.3 is 25.6 Å². The molecule has 158 valence electrons. The topological polar surface area (TPSA) is 125 Å². The molecule has 3 atom stereocenters. The maximum absolute atomic E-state index is 12.5. The maximum atomic E-state index is 12.5. The summed E-state index contributed by atoms with van der Waals surface area (Å²) in [5, 5.41) is 23.6. The smallest absolute Gasteiger partial charge is 0.305 e. The van der Waals surface area contributed by atoms with Crippen LogP contribution in [0.3, 0.4) is 0 Å². The molecule has 0 saturated heterocycles. The molecule has 0 spiro atoms. The van der Waals surface area contributed by atoms with E-state index in [9.17, 15) is 19.5 Å². The van der Waals surface area contributed by atoms with Gasteiger partial charge in [0, 0.05) is 5.69 Å². The molecule has 2 rings (SSSR count). The van der Waals surface area contributed by atoms with Crippen LogP contribution >= 0.6 is 0 Å². The van der Waals surface area contributed by atoms with E-state index in [1.807, 2.05) is 18.2 Å². The molecular formula is C22H24N2O6. The lowest BCUT2D eigenvalue weighted by molar-refractivity contribution is -0.140. The van der Waals surface area contributed by atoms with E-state index in [2.05, 4.69) is 17.2 Å². The second-order valence-electron chi connectivity index (χ2n) is 6.59. The molecule has 2 aromatic rings. The van der Waals surface area contributed by atoms with Crippen molar-refractivity contribution in [2.24, 2.45) is 5.92 Å². The predicted octanol–water partition coefficient (Wildman–Crippen LogP) is 2.56. The van der Waals surface area contributed by atoms with Gasteiger partial charge in [-0.25, -0.2) is 0 Å². The van der Waals surface area contributed by atoms with E-state index >= 15 is 0 Å². The molecule has 0 aliphatic carbocycles. The fraction of sp³-hybridized carbons (Fsp3) is 0.227. The number of carbonyl (C=O) groups is 3. The largest absolute Gasteiger partial charge is 0.481 e. The summed E-state index contributed by atoms with van der Waals surface area (Å²) in [6.45, 7) is 4.87. The van der Waals surface area contributed by atoms with Crippen molar-refractivity contribution in [3.8, 4) is 11.5 Å². The second-order valence-corrected chi connectivity index (χ2v) is 6.59. The van der Waals surface area contributed by atoms with Crippen molar-refractivity contribution in [2.45, 2.75) is 25.5 Å². The lowest BCUT2D eigenvalue weighted by Crippen LogP contribution is -2.48. The summed E-state index contributed by atoms with van der Waals surface area (Å²) in [7, 11) is 0. The van der Waals surface area contributed by atoms with Gasteiger partial charge in [-0.3, -0.25) is 14.4 Å². The Morgan fingerprint density at radius 1 is 1.03 bits per heavy atom. The van der Waals surface area contributed by atoms with Crippen LogP contribution in [0.15, 0.2) is 67.3 Å². The highest BCUT2D eigenvalue weighted by Gasteiger charge is 2.28. The zero-order valence-corrected chi connectivity index (χ0v) is 16.4. The molecule has 30 heavy (non-hydrogen) atoms. The van der Waals surface area contributed by atoms with Gasteiger partial charge in [-0.2, -0.15) is 0 Å². The summed E-state index contributed by atoms with van der Waals surface area (Å²) < 4.78 is 5.67. The van der Waals surface area contributed by atoms with Crippen LogP contribution in [0.25, 0.3) is 0 Å². The number of ether oxygens (including phenoxy) is 1. The van der Waals surface area contributed by atoms with E-state index in [4.69, 9.17) is 9.84 Å². The van der Waals surface area contributed by atoms with Crippen molar-refractivity contribution in [1.82, 2.24) is 5.32 Å². The summed E-state index contributed by atoms with van der Waals surface area (Å²) in [6.07, 6.45) is -0.411. The van der Waals surface area contributed by atoms with Crippen LogP contribution in [0, 0.1) is 5.92 Å². The number of carbonyl (C=O) groups excluding carboxylic acids is 2. The third kappa shape index (κ3) is 6.75. The molecule has 0 aromatic heterocycles. The monoisotopic (exact) mass is 412 g/mol. The van der Waals surface area contributed by atoms with Gasteiger partial charge in [-0.05, 0) is 43.3 Å². The molecule has 0 aliphatic rings. The molecule has 0 heterocycles. The summed E-state index contributed by atoms with van der Waals surface area (Å²) >= 11 is 0. The number of nitrogens with one attached hydrogen (secondary N) is 2. The van der Waals surface area contributed by atoms with Crippen molar-refractivity contribution in [3.63, 3.8) is 0 Å². The number of amides is 2. The number of benzene rings is 2. The third-order valence-corrected chi connectivity index (χ3v) is 4.19. The first kappa shape index (κ1) is 22.6. The van der Waals surface area contributed by atoms with E-state index in [-0.39, 0.29) is 0 Å². The minimum absolute atomic E-state index is 0.404. The maximum Gasteiger partial charge on any atom is 0.305 e. The number of carboxylic acid groups (broad SMARTS) is 1. The zero-order valence-electron chi connectivity index (χ0n) is 16.4. The highest BCUT2D eigenvalue weighted by atomic mass is 16.5. The fourth-order valence-electron chi connectivity index (χ4n) is 2.64. The fourth-order valence-corrected chi connectivity index (χ4v) is 2.64. The molecule has 0 radical (unpaired) electrons. The Balaban J connectivity index is 2.04. The lowest BCUT2D eigenvalue weighted by Gasteiger charge is -2.21. The Bertz CT molecular complexity index is 880. The number of anilines is 1. The normalized spacial score (nSPS) is 13.4. The van der Waals surface area contributed by atoms with Gasteiger partial charge in [0.1, 0.15) is 17.5 Å². The number of aliphatic hydroxyl groups is 1. The Morgan fingerprint density at radius 2 is 1.63 bits per heavy atom. The number of para-hydroxylation sites is 1. The highest BCUT2D eigenvalue weighted by Crippen LogP contribution is 2.22. The molecular weight excluding hydrogens is 388 g/mol. The first-order valence-electron chi connectivity index (χ1n) is 9.26. The van der Waals surface area contributed by atoms with Gasteiger partial charge >= 0.3 is 5.97 Å². The van der Waals surface area contributed by atoms with Crippen LogP contribution in [-0.4, -0.2) is 40.1 Å². The van der Waals surface area contributed by atoms with E-state index in [0.29, 0.717) is 17.2 Å². The summed E-state index contributed by atoms with van der Waals surface area (Å²) in [6, 6.07) is 14.3. The van der Waals surface area contributed by atoms with E-state index in [0.717, 1.165) is 0 Å². The zero-order chi connectivity index (χ0) is 22.1. The van der Waals surface area contributed by atoms with Gasteiger partial charge in [-0.1, -0.05) is 24.3 Å². The number of aliphatic hydroxyl groups excluding tert-OH is 1. The summed E-state index contributed by atoms with van der Waals surface area (Å²) in [5.41, 5.74) is 0.404. The Kier molecular flexibility index (Phi) is 8.13. The number of hydrogen-bond acceptors (Lipinski definition) is 5. The molecule has 0 bridgehead atoms. The second kappa shape index (κ2) is 10.8. The van der Waals surface area contributed by atoms with Crippen molar-refractivity contribution in [1.29, 1.82) is 0 Å². The number of aliphatic carboxylic acids is 1. The quantitative estimate of drug-likeness (QED) is 0.445. The Morgan fingerprint density at radius 3 is 2.17 bits per heavy atom. The van der Waals surface area contributed by atoms with Crippen LogP contribution in [0.4, 0.5) is 5.69 Å². The van der Waals surface area contributed by atoms with Gasteiger partial charge in [0.2, 0.25) is 11.8 Å². The van der Waals surface area contributed by atoms with Crippen LogP contribution < -0.4 is 15.4 Å². The number of carboxylic acids is 1. The van der Waals surface area contributed by atoms with Crippen molar-refractivity contribution < 1.29 is 29.3 Å². The molecule has 0 saturated carbocycles. The first-order valence-corrected chi connectivity index (χ1v) is 9.26. The van der Waals surface area contributed by atoms with Crippen molar-refractivity contribution in [2.75, 3.05) is 5.32 Å². The average Bonchev–Trinajstić information content (AvgIpc) is 2.69. The lowest BCUT2D eigenvalue weighted by atomic mass is 10.0. The molecule has 2 amide bonds. The van der Waals surface area contributed by atoms with Crippen LogP contribution in [0.2, 0.25) is 0 Å². The molecule has 4 N–H and O–H groups in total. The molecule has 8 nitrogen and oxygen atoms in total. The van der Waals surface area contributed by atoms with Gasteiger partial charge in [0.15, 0.2) is 0 Å². The van der Waals surface area contributed by atoms with E-state index in [1.165, 1.54) is 13.0 Å². The highest BCUT2D eigenvalue weighted by molar-refractivity contribution is 5.99. The van der Waals surface area contributed by atoms with Crippen molar-refractivity contribution >= 4 is 23.5 Å². The number of rotatable bonds is 10. The Hall–Kier alpha value is -3.65. The minimum Gasteiger partial charge on any atom is -0.481 e. The molecule has 2 unspecified atom stereocenters. The van der Waals surface area contributed by atoms with Gasteiger partial charge in [-0.15, -0.1) is 6.58 Å². The molecule has 8 heteroatoms. The summed E-state index contributed by atoms with van der Waals surface area (Å²) in [4.78, 5) is 35.9. The van der Waals surface area contributed by atoms with Crippen LogP contribution in [0.1, 0.15) is 13.3 Å².